The Bertz CT molecular complexity index is 150. The number of aliphatic hydroxyl groups is 1. The van der Waals surface area contributed by atoms with Crippen molar-refractivity contribution in [3.8, 4) is 0 Å². The predicted molar refractivity (Wildman–Crippen MR) is 54.5 cm³/mol. The van der Waals surface area contributed by atoms with Crippen LogP contribution in [-0.2, 0) is 0 Å². The molecular weight excluding hydrogens is 164 g/mol. The van der Waals surface area contributed by atoms with Crippen LogP contribution in [0.1, 0.15) is 26.7 Å². The zero-order valence-corrected chi connectivity index (χ0v) is 8.74. The number of hydrogen-bond donors (Lipinski definition) is 2. The van der Waals surface area contributed by atoms with Crippen LogP contribution in [0.2, 0.25) is 0 Å². The molecule has 78 valence electrons. The molecule has 1 fully saturated rings. The molecule has 0 aliphatic carbocycles. The SMILES string of the molecule is CC(C)N1CCC(N)C(CO)CC1. The highest BCUT2D eigenvalue weighted by atomic mass is 16.3. The molecule has 1 saturated heterocycles. The average molecular weight is 186 g/mol. The summed E-state index contributed by atoms with van der Waals surface area (Å²) >= 11 is 0. The number of aliphatic hydroxyl groups excluding tert-OH is 1. The van der Waals surface area contributed by atoms with Gasteiger partial charge in [0.15, 0.2) is 0 Å². The third kappa shape index (κ3) is 2.93. The van der Waals surface area contributed by atoms with E-state index in [1.165, 1.54) is 0 Å². The molecule has 0 radical (unpaired) electrons. The summed E-state index contributed by atoms with van der Waals surface area (Å²) in [5.41, 5.74) is 5.97. The molecule has 0 aromatic heterocycles. The lowest BCUT2D eigenvalue weighted by molar-refractivity contribution is 0.191. The summed E-state index contributed by atoms with van der Waals surface area (Å²) in [5.74, 6) is 0.309. The lowest BCUT2D eigenvalue weighted by atomic mass is 9.97. The highest BCUT2D eigenvalue weighted by Gasteiger charge is 2.23. The van der Waals surface area contributed by atoms with Crippen molar-refractivity contribution in [2.75, 3.05) is 19.7 Å². The van der Waals surface area contributed by atoms with Gasteiger partial charge in [0, 0.05) is 18.7 Å². The van der Waals surface area contributed by atoms with Gasteiger partial charge in [-0.05, 0) is 45.7 Å². The van der Waals surface area contributed by atoms with E-state index in [4.69, 9.17) is 10.8 Å². The Morgan fingerprint density at radius 1 is 1.38 bits per heavy atom. The van der Waals surface area contributed by atoms with Crippen LogP contribution >= 0.6 is 0 Å². The lowest BCUT2D eigenvalue weighted by Gasteiger charge is -2.24. The first-order valence-corrected chi connectivity index (χ1v) is 5.25. The first-order valence-electron chi connectivity index (χ1n) is 5.25. The van der Waals surface area contributed by atoms with E-state index in [-0.39, 0.29) is 12.6 Å². The van der Waals surface area contributed by atoms with E-state index in [2.05, 4.69) is 18.7 Å². The van der Waals surface area contributed by atoms with Gasteiger partial charge in [0.1, 0.15) is 0 Å². The lowest BCUT2D eigenvalue weighted by Crippen LogP contribution is -2.33. The molecule has 1 heterocycles. The number of likely N-dealkylation sites (tertiary alicyclic amines) is 1. The van der Waals surface area contributed by atoms with Gasteiger partial charge in [0.05, 0.1) is 0 Å². The molecular formula is C10H22N2O. The molecule has 2 unspecified atom stereocenters. The normalized spacial score (nSPS) is 32.1. The number of hydrogen-bond acceptors (Lipinski definition) is 3. The molecule has 3 N–H and O–H groups in total. The van der Waals surface area contributed by atoms with Gasteiger partial charge in [0.2, 0.25) is 0 Å². The van der Waals surface area contributed by atoms with Crippen LogP contribution in [0.3, 0.4) is 0 Å². The molecule has 0 aromatic rings. The van der Waals surface area contributed by atoms with Crippen molar-refractivity contribution < 1.29 is 5.11 Å². The van der Waals surface area contributed by atoms with Crippen molar-refractivity contribution in [1.29, 1.82) is 0 Å². The first kappa shape index (κ1) is 11.0. The fraction of sp³-hybridized carbons (Fsp3) is 1.00. The second kappa shape index (κ2) is 4.94. The number of rotatable bonds is 2. The van der Waals surface area contributed by atoms with Gasteiger partial charge in [-0.1, -0.05) is 0 Å². The Hall–Kier alpha value is -0.120. The smallest absolute Gasteiger partial charge is 0.0474 e. The molecule has 2 atom stereocenters. The summed E-state index contributed by atoms with van der Waals surface area (Å²) in [4.78, 5) is 2.44. The Kier molecular flexibility index (Phi) is 4.16. The van der Waals surface area contributed by atoms with Gasteiger partial charge >= 0.3 is 0 Å². The van der Waals surface area contributed by atoms with Crippen molar-refractivity contribution in [3.05, 3.63) is 0 Å². The summed E-state index contributed by atoms with van der Waals surface area (Å²) in [5, 5.41) is 9.11. The molecule has 3 nitrogen and oxygen atoms in total. The van der Waals surface area contributed by atoms with E-state index < -0.39 is 0 Å². The fourth-order valence-corrected chi connectivity index (χ4v) is 1.95. The Balaban J connectivity index is 2.46. The minimum absolute atomic E-state index is 0.189. The molecule has 0 amide bonds. The second-order valence-electron chi connectivity index (χ2n) is 4.31. The number of nitrogens with zero attached hydrogens (tertiary/aromatic N) is 1. The van der Waals surface area contributed by atoms with Crippen LogP contribution in [0.4, 0.5) is 0 Å². The van der Waals surface area contributed by atoms with Crippen LogP contribution in [0.5, 0.6) is 0 Å². The van der Waals surface area contributed by atoms with Crippen molar-refractivity contribution >= 4 is 0 Å². The molecule has 1 aliphatic heterocycles. The number of nitrogens with two attached hydrogens (primary N) is 1. The second-order valence-corrected chi connectivity index (χ2v) is 4.31. The van der Waals surface area contributed by atoms with Crippen LogP contribution < -0.4 is 5.73 Å². The molecule has 0 aromatic carbocycles. The van der Waals surface area contributed by atoms with Crippen LogP contribution in [0, 0.1) is 5.92 Å². The van der Waals surface area contributed by atoms with E-state index in [0.29, 0.717) is 12.0 Å². The van der Waals surface area contributed by atoms with Crippen LogP contribution in [-0.4, -0.2) is 41.8 Å². The Morgan fingerprint density at radius 3 is 2.54 bits per heavy atom. The van der Waals surface area contributed by atoms with E-state index in [1.807, 2.05) is 0 Å². The van der Waals surface area contributed by atoms with Gasteiger partial charge in [-0.25, -0.2) is 0 Å². The summed E-state index contributed by atoms with van der Waals surface area (Å²) in [6, 6.07) is 0.790. The van der Waals surface area contributed by atoms with E-state index in [9.17, 15) is 0 Å². The third-order valence-corrected chi connectivity index (χ3v) is 3.11. The van der Waals surface area contributed by atoms with Crippen molar-refractivity contribution in [2.24, 2.45) is 11.7 Å². The summed E-state index contributed by atoms with van der Waals surface area (Å²) < 4.78 is 0. The maximum atomic E-state index is 9.11. The average Bonchev–Trinajstić information content (AvgIpc) is 2.27. The van der Waals surface area contributed by atoms with Gasteiger partial charge in [-0.15, -0.1) is 0 Å². The maximum absolute atomic E-state index is 9.11. The summed E-state index contributed by atoms with van der Waals surface area (Å²) in [6.07, 6.45) is 2.05. The van der Waals surface area contributed by atoms with Crippen LogP contribution in [0.15, 0.2) is 0 Å². The van der Waals surface area contributed by atoms with Crippen molar-refractivity contribution in [2.45, 2.75) is 38.8 Å². The third-order valence-electron chi connectivity index (χ3n) is 3.11. The molecule has 13 heavy (non-hydrogen) atoms. The minimum Gasteiger partial charge on any atom is -0.396 e. The molecule has 1 rings (SSSR count). The quantitative estimate of drug-likeness (QED) is 0.657. The van der Waals surface area contributed by atoms with E-state index in [1.54, 1.807) is 0 Å². The van der Waals surface area contributed by atoms with Crippen molar-refractivity contribution in [1.82, 2.24) is 4.90 Å². The molecule has 1 aliphatic rings. The van der Waals surface area contributed by atoms with Crippen molar-refractivity contribution in [3.63, 3.8) is 0 Å². The monoisotopic (exact) mass is 186 g/mol. The maximum Gasteiger partial charge on any atom is 0.0474 e. The largest absolute Gasteiger partial charge is 0.396 e. The summed E-state index contributed by atoms with van der Waals surface area (Å²) in [6.45, 7) is 6.83. The van der Waals surface area contributed by atoms with E-state index >= 15 is 0 Å². The predicted octanol–water partition coefficient (Wildman–Crippen LogP) is 0.426. The highest BCUT2D eigenvalue weighted by Crippen LogP contribution is 2.17. The van der Waals surface area contributed by atoms with Gasteiger partial charge < -0.3 is 15.7 Å². The molecule has 0 spiro atoms. The zero-order chi connectivity index (χ0) is 9.84. The van der Waals surface area contributed by atoms with Crippen LogP contribution in [0.25, 0.3) is 0 Å². The first-order chi connectivity index (χ1) is 6.15. The van der Waals surface area contributed by atoms with Gasteiger partial charge in [-0.3, -0.25) is 0 Å². The minimum atomic E-state index is 0.189. The Morgan fingerprint density at radius 2 is 2.00 bits per heavy atom. The summed E-state index contributed by atoms with van der Waals surface area (Å²) in [7, 11) is 0. The molecule has 0 saturated carbocycles. The van der Waals surface area contributed by atoms with E-state index in [0.717, 1.165) is 25.9 Å². The fourth-order valence-electron chi connectivity index (χ4n) is 1.95. The molecule has 0 bridgehead atoms. The van der Waals surface area contributed by atoms with Gasteiger partial charge in [0.25, 0.3) is 0 Å². The standard InChI is InChI=1S/C10H22N2O/c1-8(2)12-5-3-9(7-13)10(11)4-6-12/h8-10,13H,3-7,11H2,1-2H3. The molecule has 3 heteroatoms. The van der Waals surface area contributed by atoms with Gasteiger partial charge in [-0.2, -0.15) is 0 Å². The zero-order valence-electron chi connectivity index (χ0n) is 8.74. The topological polar surface area (TPSA) is 49.5 Å². The Labute approximate surface area is 80.9 Å². The highest BCUT2D eigenvalue weighted by molar-refractivity contribution is 4.80.